The number of likely N-dealkylation sites (N-methyl/N-ethyl adjacent to an activating group) is 1. The maximum absolute atomic E-state index is 3.57. The van der Waals surface area contributed by atoms with Crippen molar-refractivity contribution < 1.29 is 0 Å². The highest BCUT2D eigenvalue weighted by molar-refractivity contribution is 7.17. The fourth-order valence-corrected chi connectivity index (χ4v) is 3.47. The Bertz CT molecular complexity index is 489. The number of hydrogen-bond acceptors (Lipinski definition) is 2. The fraction of sp³-hybridized carbons (Fsp3) is 0.500. The van der Waals surface area contributed by atoms with Crippen LogP contribution < -0.4 is 5.32 Å². The Balaban J connectivity index is 2.28. The summed E-state index contributed by atoms with van der Waals surface area (Å²) in [6.07, 6.45) is 2.49. The van der Waals surface area contributed by atoms with Crippen molar-refractivity contribution in [2.45, 2.75) is 45.6 Å². The van der Waals surface area contributed by atoms with Crippen molar-refractivity contribution in [1.29, 1.82) is 0 Å². The smallest absolute Gasteiger partial charge is 0.0342 e. The van der Waals surface area contributed by atoms with E-state index in [2.05, 4.69) is 55.7 Å². The van der Waals surface area contributed by atoms with E-state index in [9.17, 15) is 0 Å². The van der Waals surface area contributed by atoms with Crippen molar-refractivity contribution in [2.75, 3.05) is 6.54 Å². The summed E-state index contributed by atoms with van der Waals surface area (Å²) in [5.74, 6) is 0.624. The number of benzene rings is 1. The third-order valence-corrected chi connectivity index (χ3v) is 4.53. The average Bonchev–Trinajstić information content (AvgIpc) is 2.83. The van der Waals surface area contributed by atoms with Crippen molar-refractivity contribution in [3.8, 4) is 0 Å². The van der Waals surface area contributed by atoms with Crippen LogP contribution in [0.1, 0.15) is 45.1 Å². The number of hydrogen-bond donors (Lipinski definition) is 1. The Morgan fingerprint density at radius 3 is 2.78 bits per heavy atom. The molecule has 0 aliphatic rings. The maximum Gasteiger partial charge on any atom is 0.0342 e. The molecule has 1 aromatic carbocycles. The summed E-state index contributed by atoms with van der Waals surface area (Å²) >= 11 is 1.82. The highest BCUT2D eigenvalue weighted by atomic mass is 32.1. The molecule has 1 N–H and O–H groups in total. The first-order valence-corrected chi connectivity index (χ1v) is 7.84. The van der Waals surface area contributed by atoms with Gasteiger partial charge in [0.05, 0.1) is 0 Å². The molecule has 2 heteroatoms. The van der Waals surface area contributed by atoms with Gasteiger partial charge in [0.1, 0.15) is 0 Å². The lowest BCUT2D eigenvalue weighted by Crippen LogP contribution is -2.32. The van der Waals surface area contributed by atoms with E-state index in [1.165, 1.54) is 28.5 Å². The number of rotatable bonds is 6. The molecule has 18 heavy (non-hydrogen) atoms. The predicted octanol–water partition coefficient (Wildman–Crippen LogP) is 4.78. The lowest BCUT2D eigenvalue weighted by Gasteiger charge is -2.25. The monoisotopic (exact) mass is 261 g/mol. The van der Waals surface area contributed by atoms with Gasteiger partial charge in [0.2, 0.25) is 0 Å². The van der Waals surface area contributed by atoms with Gasteiger partial charge < -0.3 is 5.32 Å². The van der Waals surface area contributed by atoms with E-state index < -0.39 is 0 Å². The molecule has 2 unspecified atom stereocenters. The van der Waals surface area contributed by atoms with E-state index in [1.54, 1.807) is 0 Å². The molecule has 0 fully saturated rings. The maximum atomic E-state index is 3.57. The molecule has 0 bridgehead atoms. The molecule has 0 radical (unpaired) electrons. The second kappa shape index (κ2) is 6.35. The van der Waals surface area contributed by atoms with E-state index >= 15 is 0 Å². The summed E-state index contributed by atoms with van der Waals surface area (Å²) in [5, 5.41) is 7.14. The van der Waals surface area contributed by atoms with Gasteiger partial charge in [-0.15, -0.1) is 11.3 Å². The third kappa shape index (κ3) is 2.93. The quantitative estimate of drug-likeness (QED) is 0.789. The van der Waals surface area contributed by atoms with Crippen LogP contribution in [0.5, 0.6) is 0 Å². The zero-order valence-corrected chi connectivity index (χ0v) is 12.4. The first-order chi connectivity index (χ1) is 8.76. The Morgan fingerprint density at radius 2 is 2.06 bits per heavy atom. The van der Waals surface area contributed by atoms with Crippen LogP contribution in [0.15, 0.2) is 29.6 Å². The summed E-state index contributed by atoms with van der Waals surface area (Å²) in [7, 11) is 0. The zero-order valence-electron chi connectivity index (χ0n) is 11.6. The topological polar surface area (TPSA) is 12.0 Å². The first kappa shape index (κ1) is 13.6. The zero-order chi connectivity index (χ0) is 13.0. The van der Waals surface area contributed by atoms with Crippen molar-refractivity contribution in [3.63, 3.8) is 0 Å². The fourth-order valence-electron chi connectivity index (χ4n) is 2.70. The van der Waals surface area contributed by atoms with Crippen molar-refractivity contribution in [2.24, 2.45) is 0 Å². The number of fused-ring (bicyclic) bond motifs is 1. The number of nitrogens with one attached hydrogen (secondary N) is 1. The molecule has 0 aliphatic heterocycles. The molecule has 2 aromatic rings. The summed E-state index contributed by atoms with van der Waals surface area (Å²) in [6, 6.07) is 9.74. The molecule has 0 saturated heterocycles. The molecular formula is C16H23NS. The van der Waals surface area contributed by atoms with Gasteiger partial charge in [0, 0.05) is 10.7 Å². The van der Waals surface area contributed by atoms with Crippen LogP contribution in [0.2, 0.25) is 0 Å². The van der Waals surface area contributed by atoms with Gasteiger partial charge in [0.15, 0.2) is 0 Å². The first-order valence-electron chi connectivity index (χ1n) is 6.96. The minimum absolute atomic E-state index is 0.547. The largest absolute Gasteiger partial charge is 0.314 e. The Labute approximate surface area is 114 Å². The second-order valence-electron chi connectivity index (χ2n) is 4.96. The summed E-state index contributed by atoms with van der Waals surface area (Å²) in [6.45, 7) is 7.81. The van der Waals surface area contributed by atoms with Gasteiger partial charge in [0.25, 0.3) is 0 Å². The van der Waals surface area contributed by atoms with Crippen LogP contribution in [0.3, 0.4) is 0 Å². The molecule has 0 amide bonds. The molecule has 2 atom stereocenters. The normalized spacial score (nSPS) is 14.8. The highest BCUT2D eigenvalue weighted by Crippen LogP contribution is 2.29. The van der Waals surface area contributed by atoms with E-state index in [1.807, 2.05) is 11.3 Å². The van der Waals surface area contributed by atoms with Crippen LogP contribution in [0.4, 0.5) is 0 Å². The van der Waals surface area contributed by atoms with Gasteiger partial charge in [-0.3, -0.25) is 0 Å². The van der Waals surface area contributed by atoms with Crippen LogP contribution in [-0.2, 0) is 0 Å². The summed E-state index contributed by atoms with van der Waals surface area (Å²) in [5.41, 5.74) is 1.48. The van der Waals surface area contributed by atoms with E-state index in [4.69, 9.17) is 0 Å². The van der Waals surface area contributed by atoms with Crippen LogP contribution in [0.25, 0.3) is 10.1 Å². The summed E-state index contributed by atoms with van der Waals surface area (Å²) < 4.78 is 1.39. The summed E-state index contributed by atoms with van der Waals surface area (Å²) in [4.78, 5) is 0. The van der Waals surface area contributed by atoms with Crippen molar-refractivity contribution in [3.05, 3.63) is 35.2 Å². The molecule has 1 nitrogen and oxygen atoms in total. The van der Waals surface area contributed by atoms with Crippen LogP contribution in [-0.4, -0.2) is 12.6 Å². The molecule has 0 spiro atoms. The molecule has 2 rings (SSSR count). The third-order valence-electron chi connectivity index (χ3n) is 3.63. The highest BCUT2D eigenvalue weighted by Gasteiger charge is 2.18. The molecule has 1 aromatic heterocycles. The van der Waals surface area contributed by atoms with E-state index in [0.717, 1.165) is 6.54 Å². The Morgan fingerprint density at radius 1 is 1.22 bits per heavy atom. The van der Waals surface area contributed by atoms with Crippen molar-refractivity contribution in [1.82, 2.24) is 5.32 Å². The van der Waals surface area contributed by atoms with Crippen LogP contribution in [0, 0.1) is 0 Å². The van der Waals surface area contributed by atoms with E-state index in [-0.39, 0.29) is 0 Å². The minimum Gasteiger partial charge on any atom is -0.314 e. The SMILES string of the molecule is CCCC(c1ccc2sccc2c1)C(C)NCC. The average molecular weight is 261 g/mol. The molecule has 1 heterocycles. The molecular weight excluding hydrogens is 238 g/mol. The predicted molar refractivity (Wildman–Crippen MR) is 82.6 cm³/mol. The Kier molecular flexibility index (Phi) is 4.79. The van der Waals surface area contributed by atoms with Gasteiger partial charge in [-0.05, 0) is 60.3 Å². The number of thiophene rings is 1. The lowest BCUT2D eigenvalue weighted by molar-refractivity contribution is 0.445. The van der Waals surface area contributed by atoms with Crippen LogP contribution >= 0.6 is 11.3 Å². The second-order valence-corrected chi connectivity index (χ2v) is 5.91. The Hall–Kier alpha value is -0.860. The molecule has 0 aliphatic carbocycles. The molecule has 0 saturated carbocycles. The van der Waals surface area contributed by atoms with Gasteiger partial charge in [-0.25, -0.2) is 0 Å². The lowest BCUT2D eigenvalue weighted by atomic mass is 9.88. The minimum atomic E-state index is 0.547. The van der Waals surface area contributed by atoms with Gasteiger partial charge >= 0.3 is 0 Å². The molecule has 98 valence electrons. The van der Waals surface area contributed by atoms with E-state index in [0.29, 0.717) is 12.0 Å². The van der Waals surface area contributed by atoms with Gasteiger partial charge in [-0.2, -0.15) is 0 Å². The van der Waals surface area contributed by atoms with Gasteiger partial charge in [-0.1, -0.05) is 26.3 Å². The standard InChI is InChI=1S/C16H23NS/c1-4-6-15(12(3)17-5-2)13-7-8-16-14(11-13)9-10-18-16/h7-12,15,17H,4-6H2,1-3H3. The van der Waals surface area contributed by atoms with Crippen molar-refractivity contribution >= 4 is 21.4 Å².